The first-order chi connectivity index (χ1) is 21.8. The van der Waals surface area contributed by atoms with Crippen LogP contribution in [0, 0.1) is 24.1 Å². The molecule has 0 aliphatic heterocycles. The molecule has 239 valence electrons. The third-order valence-corrected chi connectivity index (χ3v) is 10.8. The first-order valence-electron chi connectivity index (χ1n) is 16.4. The van der Waals surface area contributed by atoms with E-state index in [4.69, 9.17) is 4.42 Å². The van der Waals surface area contributed by atoms with E-state index in [1.54, 1.807) is 0 Å². The van der Waals surface area contributed by atoms with E-state index in [9.17, 15) is 0 Å². The maximum absolute atomic E-state index is 6.10. The molecule has 1 radical (unpaired) electrons. The minimum absolute atomic E-state index is 0. The third kappa shape index (κ3) is 7.91. The van der Waals surface area contributed by atoms with E-state index in [1.165, 1.54) is 42.0 Å². The van der Waals surface area contributed by atoms with Crippen LogP contribution >= 0.6 is 0 Å². The Balaban J connectivity index is 0.000000182. The Bertz CT molecular complexity index is 1890. The fourth-order valence-corrected chi connectivity index (χ4v) is 8.12. The van der Waals surface area contributed by atoms with Crippen LogP contribution in [0.25, 0.3) is 44.5 Å². The SMILES string of the molecule is CC(C)Cc1cc(-c2[c-]cccc2)ncc1[Si](C)(C)C.[Ir].[c-]1ncc2c(oc3ccccc32)c1-c1cc(CC2CCCC2)ccn1. The van der Waals surface area contributed by atoms with Crippen molar-refractivity contribution in [3.63, 3.8) is 0 Å². The van der Waals surface area contributed by atoms with Gasteiger partial charge >= 0.3 is 0 Å². The normalized spacial score (nSPS) is 13.5. The fraction of sp³-hybridized carbons (Fsp3) is 0.325. The molecule has 0 N–H and O–H groups in total. The summed E-state index contributed by atoms with van der Waals surface area (Å²) >= 11 is 0. The standard InChI is InChI=1S/C22H19N2O.C18H24NSi.Ir/c1-2-6-15(5-1)11-16-9-10-24-20(12-16)19-14-23-13-18-17-7-3-4-8-21(17)25-22(18)19;1-14(2)11-16-12-17(15-9-7-6-8-10-15)19-13-18(16)20(3,4)5;/h3-4,7-10,12-13,15H,1-2,5-6,11H2;6-9,12-14H,11H2,1-5H3;/q2*-1;. The van der Waals surface area contributed by atoms with E-state index in [0.29, 0.717) is 5.92 Å². The molecule has 6 heteroatoms. The van der Waals surface area contributed by atoms with Gasteiger partial charge in [0.2, 0.25) is 0 Å². The van der Waals surface area contributed by atoms with Crippen LogP contribution in [0.2, 0.25) is 19.6 Å². The molecule has 1 saturated carbocycles. The van der Waals surface area contributed by atoms with Crippen LogP contribution in [0.4, 0.5) is 0 Å². The van der Waals surface area contributed by atoms with Crippen molar-refractivity contribution in [1.29, 1.82) is 0 Å². The fourth-order valence-electron chi connectivity index (χ4n) is 6.53. The van der Waals surface area contributed by atoms with Gasteiger partial charge in [-0.3, -0.25) is 0 Å². The van der Waals surface area contributed by atoms with Crippen molar-refractivity contribution in [3.05, 3.63) is 109 Å². The number of furan rings is 1. The number of aromatic nitrogens is 3. The van der Waals surface area contributed by atoms with Crippen molar-refractivity contribution in [2.24, 2.45) is 11.8 Å². The third-order valence-electron chi connectivity index (χ3n) is 8.72. The molecule has 4 nitrogen and oxygen atoms in total. The van der Waals surface area contributed by atoms with E-state index < -0.39 is 8.07 Å². The minimum Gasteiger partial charge on any atom is -0.500 e. The summed E-state index contributed by atoms with van der Waals surface area (Å²) in [6.45, 7) is 11.7. The molecule has 0 saturated heterocycles. The van der Waals surface area contributed by atoms with Gasteiger partial charge in [0, 0.05) is 37.9 Å². The number of rotatable bonds is 7. The topological polar surface area (TPSA) is 51.8 Å². The maximum Gasteiger partial charge on any atom is 0.121 e. The Morgan fingerprint density at radius 2 is 1.67 bits per heavy atom. The quantitative estimate of drug-likeness (QED) is 0.119. The summed E-state index contributed by atoms with van der Waals surface area (Å²) in [5.74, 6) is 1.49. The number of nitrogens with zero attached hydrogens (tertiary/aromatic N) is 3. The molecule has 1 fully saturated rings. The van der Waals surface area contributed by atoms with Crippen molar-refractivity contribution in [2.45, 2.75) is 72.0 Å². The monoisotopic (exact) mass is 802 g/mol. The van der Waals surface area contributed by atoms with Crippen LogP contribution in [-0.2, 0) is 32.9 Å². The first kappa shape index (κ1) is 33.9. The van der Waals surface area contributed by atoms with Gasteiger partial charge in [-0.05, 0) is 71.2 Å². The van der Waals surface area contributed by atoms with Crippen LogP contribution in [0.1, 0.15) is 50.7 Å². The van der Waals surface area contributed by atoms with Crippen molar-refractivity contribution < 1.29 is 24.5 Å². The van der Waals surface area contributed by atoms with Gasteiger partial charge in [-0.25, -0.2) is 0 Å². The van der Waals surface area contributed by atoms with E-state index in [2.05, 4.69) is 97.2 Å². The van der Waals surface area contributed by atoms with Gasteiger partial charge in [-0.2, -0.15) is 0 Å². The van der Waals surface area contributed by atoms with Gasteiger partial charge < -0.3 is 19.4 Å². The molecule has 4 heterocycles. The van der Waals surface area contributed by atoms with Gasteiger partial charge in [0.15, 0.2) is 0 Å². The smallest absolute Gasteiger partial charge is 0.121 e. The number of hydrogen-bond donors (Lipinski definition) is 0. The molecule has 2 aromatic carbocycles. The Morgan fingerprint density at radius 3 is 2.41 bits per heavy atom. The predicted octanol–water partition coefficient (Wildman–Crippen LogP) is 9.87. The summed E-state index contributed by atoms with van der Waals surface area (Å²) in [6.07, 6.45) is 16.7. The maximum atomic E-state index is 6.10. The van der Waals surface area contributed by atoms with Crippen molar-refractivity contribution in [2.75, 3.05) is 0 Å². The summed E-state index contributed by atoms with van der Waals surface area (Å²) in [5.41, 5.74) is 8.39. The number of benzene rings is 2. The van der Waals surface area contributed by atoms with E-state index in [0.717, 1.165) is 63.2 Å². The molecule has 0 atom stereocenters. The van der Waals surface area contributed by atoms with Gasteiger partial charge in [-0.15, -0.1) is 35.9 Å². The molecular formula is C40H43IrN3OSi-2. The largest absolute Gasteiger partial charge is 0.500 e. The zero-order chi connectivity index (χ0) is 31.4. The average Bonchev–Trinajstić information content (AvgIpc) is 3.69. The van der Waals surface area contributed by atoms with Crippen molar-refractivity contribution in [1.82, 2.24) is 15.0 Å². The summed E-state index contributed by atoms with van der Waals surface area (Å²) in [6, 6.07) is 26.0. The van der Waals surface area contributed by atoms with Crippen LogP contribution in [-0.4, -0.2) is 23.0 Å². The summed E-state index contributed by atoms with van der Waals surface area (Å²) in [4.78, 5) is 13.6. The zero-order valence-corrected chi connectivity index (χ0v) is 31.0. The molecule has 46 heavy (non-hydrogen) atoms. The summed E-state index contributed by atoms with van der Waals surface area (Å²) in [7, 11) is -1.34. The zero-order valence-electron chi connectivity index (χ0n) is 27.6. The van der Waals surface area contributed by atoms with Crippen LogP contribution in [0.15, 0.2) is 89.7 Å². The van der Waals surface area contributed by atoms with E-state index in [1.807, 2.05) is 48.8 Å². The second-order valence-electron chi connectivity index (χ2n) is 13.8. The first-order valence-corrected chi connectivity index (χ1v) is 19.9. The van der Waals surface area contributed by atoms with Crippen molar-refractivity contribution in [3.8, 4) is 22.5 Å². The second kappa shape index (κ2) is 15.0. The molecule has 6 aromatic rings. The predicted molar refractivity (Wildman–Crippen MR) is 189 cm³/mol. The Hall–Kier alpha value is -3.44. The van der Waals surface area contributed by atoms with E-state index in [-0.39, 0.29) is 20.1 Å². The molecule has 0 amide bonds. The number of hydrogen-bond acceptors (Lipinski definition) is 4. The summed E-state index contributed by atoms with van der Waals surface area (Å²) < 4.78 is 6.10. The van der Waals surface area contributed by atoms with Crippen LogP contribution in [0.5, 0.6) is 0 Å². The number of para-hydroxylation sites is 1. The average molecular weight is 802 g/mol. The molecule has 0 bridgehead atoms. The molecule has 1 aliphatic carbocycles. The van der Waals surface area contributed by atoms with Crippen molar-refractivity contribution >= 4 is 35.2 Å². The van der Waals surface area contributed by atoms with Gasteiger partial charge in [-0.1, -0.05) is 106 Å². The molecule has 0 spiro atoms. The molecule has 1 aliphatic rings. The number of fused-ring (bicyclic) bond motifs is 3. The second-order valence-corrected chi connectivity index (χ2v) is 18.9. The summed E-state index contributed by atoms with van der Waals surface area (Å²) in [5, 5.41) is 3.60. The van der Waals surface area contributed by atoms with Gasteiger partial charge in [0.25, 0.3) is 0 Å². The van der Waals surface area contributed by atoms with Gasteiger partial charge in [0.05, 0.1) is 13.7 Å². The minimum atomic E-state index is -1.34. The number of pyridine rings is 3. The molecule has 0 unspecified atom stereocenters. The van der Waals surface area contributed by atoms with Gasteiger partial charge in [0.1, 0.15) is 5.58 Å². The Morgan fingerprint density at radius 1 is 0.891 bits per heavy atom. The van der Waals surface area contributed by atoms with E-state index >= 15 is 0 Å². The Kier molecular flexibility index (Phi) is 11.0. The molecular weight excluding hydrogens is 759 g/mol. The van der Waals surface area contributed by atoms with Crippen LogP contribution in [0.3, 0.4) is 0 Å². The molecule has 7 rings (SSSR count). The Labute approximate surface area is 288 Å². The molecule has 4 aromatic heterocycles. The van der Waals surface area contributed by atoms with Crippen LogP contribution < -0.4 is 5.19 Å².